The highest BCUT2D eigenvalue weighted by Crippen LogP contribution is 2.36. The van der Waals surface area contributed by atoms with E-state index in [4.69, 9.17) is 4.74 Å². The van der Waals surface area contributed by atoms with E-state index >= 15 is 0 Å². The third kappa shape index (κ3) is 3.13. The van der Waals surface area contributed by atoms with E-state index in [9.17, 15) is 14.4 Å². The minimum absolute atomic E-state index is 0.179. The number of likely N-dealkylation sites (N-methyl/N-ethyl adjacent to an activating group) is 1. The summed E-state index contributed by atoms with van der Waals surface area (Å²) in [7, 11) is 1.25. The van der Waals surface area contributed by atoms with E-state index in [0.717, 1.165) is 0 Å². The number of fused-ring (bicyclic) bond motifs is 1. The van der Waals surface area contributed by atoms with Crippen molar-refractivity contribution in [3.05, 3.63) is 24.3 Å². The van der Waals surface area contributed by atoms with E-state index < -0.39 is 23.9 Å². The number of esters is 2. The number of carbonyl (C=O) groups is 3. The summed E-state index contributed by atoms with van der Waals surface area (Å²) in [6.45, 7) is 3.92. The molecule has 2 rings (SSSR count). The molecular formula is C16H20N2O5. The van der Waals surface area contributed by atoms with Gasteiger partial charge in [0.25, 0.3) is 5.91 Å². The summed E-state index contributed by atoms with van der Waals surface area (Å²) in [4.78, 5) is 39.7. The fraction of sp³-hybridized carbons (Fsp3) is 0.438. The van der Waals surface area contributed by atoms with Gasteiger partial charge in [0.1, 0.15) is 6.54 Å². The molecule has 7 nitrogen and oxygen atoms in total. The van der Waals surface area contributed by atoms with Crippen molar-refractivity contribution in [1.82, 2.24) is 0 Å². The number of methoxy groups -OCH3 is 1. The minimum Gasteiger partial charge on any atom is -0.468 e. The lowest BCUT2D eigenvalue weighted by Crippen LogP contribution is -2.58. The van der Waals surface area contributed by atoms with Gasteiger partial charge in [-0.1, -0.05) is 12.1 Å². The predicted octanol–water partition coefficient (Wildman–Crippen LogP) is 0.964. The van der Waals surface area contributed by atoms with Gasteiger partial charge in [0.2, 0.25) is 6.04 Å². The lowest BCUT2D eigenvalue weighted by atomic mass is 10.1. The zero-order valence-corrected chi connectivity index (χ0v) is 13.4. The molecule has 0 radical (unpaired) electrons. The molecule has 0 saturated heterocycles. The Bertz CT molecular complexity index is 616. The van der Waals surface area contributed by atoms with Gasteiger partial charge in [-0.15, -0.1) is 0 Å². The van der Waals surface area contributed by atoms with Crippen LogP contribution in [0.25, 0.3) is 0 Å². The van der Waals surface area contributed by atoms with Crippen molar-refractivity contribution in [1.29, 1.82) is 0 Å². The van der Waals surface area contributed by atoms with Crippen LogP contribution in [0, 0.1) is 0 Å². The van der Waals surface area contributed by atoms with E-state index in [1.165, 1.54) is 12.0 Å². The summed E-state index contributed by atoms with van der Waals surface area (Å²) >= 11 is 0. The Kier molecular flexibility index (Phi) is 5.20. The van der Waals surface area contributed by atoms with Crippen LogP contribution >= 0.6 is 0 Å². The van der Waals surface area contributed by atoms with Gasteiger partial charge < -0.3 is 14.4 Å². The van der Waals surface area contributed by atoms with E-state index in [2.05, 4.69) is 4.74 Å². The number of para-hydroxylation sites is 2. The van der Waals surface area contributed by atoms with Crippen LogP contribution in [0.4, 0.5) is 11.4 Å². The maximum absolute atomic E-state index is 12.8. The molecule has 1 amide bonds. The zero-order valence-electron chi connectivity index (χ0n) is 13.4. The fourth-order valence-corrected chi connectivity index (χ4v) is 2.63. The van der Waals surface area contributed by atoms with Gasteiger partial charge in [-0.05, 0) is 26.0 Å². The van der Waals surface area contributed by atoms with Gasteiger partial charge in [0, 0.05) is 6.54 Å². The van der Waals surface area contributed by atoms with Crippen molar-refractivity contribution in [2.24, 2.45) is 0 Å². The first-order valence-corrected chi connectivity index (χ1v) is 7.45. The Hall–Kier alpha value is -2.57. The SMILES string of the molecule is CCOC(=O)C1C(=O)N(CC(=O)OC)c2ccccc2N1CC. The van der Waals surface area contributed by atoms with E-state index in [0.29, 0.717) is 17.9 Å². The van der Waals surface area contributed by atoms with Crippen LogP contribution in [0.2, 0.25) is 0 Å². The number of benzene rings is 1. The van der Waals surface area contributed by atoms with Crippen LogP contribution in [0.3, 0.4) is 0 Å². The molecule has 0 aliphatic carbocycles. The predicted molar refractivity (Wildman–Crippen MR) is 84.3 cm³/mol. The number of rotatable bonds is 5. The van der Waals surface area contributed by atoms with Crippen LogP contribution in [0.1, 0.15) is 13.8 Å². The van der Waals surface area contributed by atoms with Gasteiger partial charge >= 0.3 is 11.9 Å². The van der Waals surface area contributed by atoms with Gasteiger partial charge in [-0.2, -0.15) is 0 Å². The fourth-order valence-electron chi connectivity index (χ4n) is 2.63. The number of nitrogens with zero attached hydrogens (tertiary/aromatic N) is 2. The van der Waals surface area contributed by atoms with Crippen LogP contribution in [0.5, 0.6) is 0 Å². The van der Waals surface area contributed by atoms with Crippen molar-refractivity contribution in [3.8, 4) is 0 Å². The molecule has 1 aliphatic rings. The molecule has 1 atom stereocenters. The van der Waals surface area contributed by atoms with Crippen molar-refractivity contribution in [3.63, 3.8) is 0 Å². The molecule has 124 valence electrons. The second-order valence-corrected chi connectivity index (χ2v) is 4.93. The third-order valence-electron chi connectivity index (χ3n) is 3.66. The monoisotopic (exact) mass is 320 g/mol. The summed E-state index contributed by atoms with van der Waals surface area (Å²) in [5, 5.41) is 0. The number of amides is 1. The summed E-state index contributed by atoms with van der Waals surface area (Å²) < 4.78 is 9.68. The van der Waals surface area contributed by atoms with Gasteiger partial charge in [-0.25, -0.2) is 4.79 Å². The molecule has 0 fully saturated rings. The van der Waals surface area contributed by atoms with Crippen molar-refractivity contribution in [2.75, 3.05) is 36.6 Å². The van der Waals surface area contributed by atoms with Gasteiger partial charge in [0.15, 0.2) is 0 Å². The first-order valence-electron chi connectivity index (χ1n) is 7.45. The van der Waals surface area contributed by atoms with Crippen molar-refractivity contribution < 1.29 is 23.9 Å². The maximum atomic E-state index is 12.8. The first kappa shape index (κ1) is 16.8. The van der Waals surface area contributed by atoms with Crippen LogP contribution in [-0.2, 0) is 23.9 Å². The molecule has 0 saturated carbocycles. The molecule has 1 heterocycles. The van der Waals surface area contributed by atoms with Crippen LogP contribution in [0.15, 0.2) is 24.3 Å². The molecule has 23 heavy (non-hydrogen) atoms. The molecule has 0 bridgehead atoms. The topological polar surface area (TPSA) is 76.2 Å². The summed E-state index contributed by atoms with van der Waals surface area (Å²) in [5.74, 6) is -1.67. The normalized spacial score (nSPS) is 16.8. The molecule has 0 N–H and O–H groups in total. The highest BCUT2D eigenvalue weighted by Gasteiger charge is 2.43. The molecule has 1 aromatic carbocycles. The van der Waals surface area contributed by atoms with Gasteiger partial charge in [-0.3, -0.25) is 14.5 Å². The average molecular weight is 320 g/mol. The Labute approximate surface area is 134 Å². The Morgan fingerprint density at radius 1 is 1.17 bits per heavy atom. The zero-order chi connectivity index (χ0) is 17.0. The third-order valence-corrected chi connectivity index (χ3v) is 3.66. The van der Waals surface area contributed by atoms with E-state index in [1.54, 1.807) is 24.0 Å². The summed E-state index contributed by atoms with van der Waals surface area (Å²) in [6, 6.07) is 6.03. The number of hydrogen-bond donors (Lipinski definition) is 0. The molecule has 1 aliphatic heterocycles. The number of anilines is 2. The molecule has 1 unspecified atom stereocenters. The summed E-state index contributed by atoms with van der Waals surface area (Å²) in [6.07, 6.45) is 0. The van der Waals surface area contributed by atoms with Crippen LogP contribution < -0.4 is 9.80 Å². The average Bonchev–Trinajstić information content (AvgIpc) is 2.56. The lowest BCUT2D eigenvalue weighted by molar-refractivity contribution is -0.148. The minimum atomic E-state index is -1.10. The Morgan fingerprint density at radius 2 is 1.83 bits per heavy atom. The standard InChI is InChI=1S/C16H20N2O5/c1-4-17-11-8-6-7-9-12(11)18(10-13(19)22-3)15(20)14(17)16(21)23-5-2/h6-9,14H,4-5,10H2,1-3H3. The second kappa shape index (κ2) is 7.13. The smallest absolute Gasteiger partial charge is 0.338 e. The van der Waals surface area contributed by atoms with Crippen molar-refractivity contribution in [2.45, 2.75) is 19.9 Å². The molecule has 0 spiro atoms. The number of carbonyl (C=O) groups excluding carboxylic acids is 3. The Balaban J connectivity index is 2.49. The highest BCUT2D eigenvalue weighted by molar-refractivity contribution is 6.17. The van der Waals surface area contributed by atoms with Crippen molar-refractivity contribution >= 4 is 29.2 Å². The lowest BCUT2D eigenvalue weighted by Gasteiger charge is -2.40. The highest BCUT2D eigenvalue weighted by atomic mass is 16.5. The number of ether oxygens (including phenoxy) is 2. The van der Waals surface area contributed by atoms with E-state index in [1.807, 2.05) is 19.1 Å². The molecular weight excluding hydrogens is 300 g/mol. The second-order valence-electron chi connectivity index (χ2n) is 4.93. The van der Waals surface area contributed by atoms with Crippen LogP contribution in [-0.4, -0.2) is 50.7 Å². The Morgan fingerprint density at radius 3 is 2.39 bits per heavy atom. The molecule has 1 aromatic rings. The van der Waals surface area contributed by atoms with E-state index in [-0.39, 0.29) is 13.2 Å². The largest absolute Gasteiger partial charge is 0.468 e. The maximum Gasteiger partial charge on any atom is 0.338 e. The molecule has 7 heteroatoms. The molecule has 0 aromatic heterocycles. The summed E-state index contributed by atoms with van der Waals surface area (Å²) in [5.41, 5.74) is 1.28. The number of hydrogen-bond acceptors (Lipinski definition) is 6. The van der Waals surface area contributed by atoms with Gasteiger partial charge in [0.05, 0.1) is 25.1 Å². The first-order chi connectivity index (χ1) is 11.0. The quantitative estimate of drug-likeness (QED) is 0.594.